The fourth-order valence-electron chi connectivity index (χ4n) is 1.26. The number of benzene rings is 1. The monoisotopic (exact) mass is 586 g/mol. The number of carboxylic acid groups (broad SMARTS) is 1. The number of hydrogen-bond acceptors (Lipinski definition) is 4. The first kappa shape index (κ1) is 16.4. The van der Waals surface area contributed by atoms with E-state index >= 15 is 0 Å². The van der Waals surface area contributed by atoms with Gasteiger partial charge in [0.1, 0.15) is 0 Å². The van der Waals surface area contributed by atoms with E-state index < -0.39 is 15.3 Å². The summed E-state index contributed by atoms with van der Waals surface area (Å²) in [6.45, 7) is 1.82. The van der Waals surface area contributed by atoms with Crippen LogP contribution in [0.3, 0.4) is 0 Å². The van der Waals surface area contributed by atoms with Crippen molar-refractivity contribution in [3.63, 3.8) is 0 Å². The van der Waals surface area contributed by atoms with E-state index in [9.17, 15) is 9.59 Å². The molecule has 1 atom stereocenters. The number of carbonyl (C=O) groups excluding carboxylic acids is 1. The average Bonchev–Trinajstić information content (AvgIpc) is 2.30. The summed E-state index contributed by atoms with van der Waals surface area (Å²) in [6.07, 6.45) is 0. The van der Waals surface area contributed by atoms with Gasteiger partial charge in [0, 0.05) is 18.4 Å². The molecule has 1 aromatic carbocycles. The number of ketones is 1. The minimum Gasteiger partial charge on any atom is -0.479 e. The van der Waals surface area contributed by atoms with Gasteiger partial charge in [-0.3, -0.25) is 4.79 Å². The third-order valence-electron chi connectivity index (χ3n) is 2.33. The zero-order valence-electron chi connectivity index (χ0n) is 9.13. The van der Waals surface area contributed by atoms with Crippen molar-refractivity contribution in [3.8, 4) is 0 Å². The van der Waals surface area contributed by atoms with E-state index in [-0.39, 0.29) is 5.56 Å². The molecular formula is C10H9I3N2O3. The molecule has 0 radical (unpaired) electrons. The molecule has 0 bridgehead atoms. The first-order chi connectivity index (χ1) is 8.10. The molecular weight excluding hydrogens is 577 g/mol. The number of carbonyl (C=O) groups is 2. The van der Waals surface area contributed by atoms with Gasteiger partial charge in [0.2, 0.25) is 9.33 Å². The lowest BCUT2D eigenvalue weighted by molar-refractivity contribution is -0.137. The molecule has 0 heterocycles. The minimum atomic E-state index is -1.98. The van der Waals surface area contributed by atoms with Crippen LogP contribution in [0.15, 0.2) is 6.07 Å². The molecule has 5 N–H and O–H groups in total. The van der Waals surface area contributed by atoms with Crippen LogP contribution in [0.25, 0.3) is 0 Å². The minimum absolute atomic E-state index is 0.241. The second-order valence-electron chi connectivity index (χ2n) is 3.61. The van der Waals surface area contributed by atoms with Crippen molar-refractivity contribution in [3.05, 3.63) is 24.3 Å². The predicted octanol–water partition coefficient (Wildman–Crippen LogP) is 2.14. The van der Waals surface area contributed by atoms with E-state index in [2.05, 4.69) is 22.6 Å². The Morgan fingerprint density at radius 3 is 2.28 bits per heavy atom. The Morgan fingerprint density at radius 1 is 1.33 bits per heavy atom. The van der Waals surface area contributed by atoms with Crippen LogP contribution < -0.4 is 11.5 Å². The highest BCUT2D eigenvalue weighted by molar-refractivity contribution is 14.1. The average molecular weight is 586 g/mol. The van der Waals surface area contributed by atoms with Gasteiger partial charge in [-0.05, 0) is 86.3 Å². The number of rotatable bonds is 3. The van der Waals surface area contributed by atoms with E-state index in [0.29, 0.717) is 9.26 Å². The molecule has 0 aliphatic carbocycles. The Balaban J connectivity index is 3.45. The van der Waals surface area contributed by atoms with Crippen molar-refractivity contribution in [2.45, 2.75) is 10.5 Å². The van der Waals surface area contributed by atoms with Gasteiger partial charge >= 0.3 is 5.97 Å². The molecule has 8 heteroatoms. The van der Waals surface area contributed by atoms with Crippen molar-refractivity contribution in [2.24, 2.45) is 5.73 Å². The number of carboxylic acids is 1. The summed E-state index contributed by atoms with van der Waals surface area (Å²) in [4.78, 5) is 23.2. The van der Waals surface area contributed by atoms with E-state index in [0.717, 1.165) is 9.13 Å². The third kappa shape index (κ3) is 2.90. The van der Waals surface area contributed by atoms with Gasteiger partial charge in [-0.2, -0.15) is 0 Å². The first-order valence-electron chi connectivity index (χ1n) is 4.60. The molecule has 0 saturated carbocycles. The topological polar surface area (TPSA) is 106 Å². The van der Waals surface area contributed by atoms with Gasteiger partial charge in [-0.15, -0.1) is 0 Å². The Bertz CT molecular complexity index is 544. The van der Waals surface area contributed by atoms with E-state index in [1.54, 1.807) is 0 Å². The molecule has 0 aliphatic rings. The third-order valence-corrected chi connectivity index (χ3v) is 6.11. The van der Waals surface area contributed by atoms with Crippen LogP contribution in [0, 0.1) is 14.1 Å². The summed E-state index contributed by atoms with van der Waals surface area (Å²) in [5.74, 6) is -2.04. The van der Waals surface area contributed by atoms with Gasteiger partial charge in [0.15, 0.2) is 0 Å². The van der Waals surface area contributed by atoms with Crippen LogP contribution in [0.5, 0.6) is 0 Å². The number of anilines is 1. The van der Waals surface area contributed by atoms with Gasteiger partial charge in [-0.25, -0.2) is 4.79 Å². The lowest BCUT2D eigenvalue weighted by Gasteiger charge is -2.18. The van der Waals surface area contributed by atoms with Crippen molar-refractivity contribution >= 4 is 85.2 Å². The van der Waals surface area contributed by atoms with Gasteiger partial charge in [0.05, 0.1) is 0 Å². The maximum absolute atomic E-state index is 12.2. The highest BCUT2D eigenvalue weighted by atomic mass is 127. The maximum atomic E-state index is 12.2. The molecule has 0 aliphatic heterocycles. The van der Waals surface area contributed by atoms with Crippen molar-refractivity contribution in [1.29, 1.82) is 0 Å². The standard InChI is InChI=1S/C10H9I3N2O3/c1-3-6(11)4(2-5(14)7(3)12)8(16)10(13,15)9(17)18/h2H,14-15H2,1H3,(H,17,18). The summed E-state index contributed by atoms with van der Waals surface area (Å²) in [5.41, 5.74) is 12.9. The highest BCUT2D eigenvalue weighted by Crippen LogP contribution is 2.30. The second-order valence-corrected chi connectivity index (χ2v) is 7.47. The molecule has 98 valence electrons. The Hall–Kier alpha value is 0.310. The summed E-state index contributed by atoms with van der Waals surface area (Å²) in [7, 11) is 0. The Kier molecular flexibility index (Phi) is 5.22. The molecule has 1 rings (SSSR count). The molecule has 5 nitrogen and oxygen atoms in total. The summed E-state index contributed by atoms with van der Waals surface area (Å²) in [6, 6.07) is 1.47. The van der Waals surface area contributed by atoms with Crippen LogP contribution in [0.2, 0.25) is 0 Å². The molecule has 0 spiro atoms. The van der Waals surface area contributed by atoms with Crippen LogP contribution in [0.1, 0.15) is 15.9 Å². The molecule has 0 aromatic heterocycles. The number of Topliss-reactive ketones (excluding diaryl/α,β-unsaturated/α-hetero) is 1. The Labute approximate surface area is 144 Å². The number of alkyl halides is 1. The van der Waals surface area contributed by atoms with Crippen LogP contribution in [-0.4, -0.2) is 20.4 Å². The van der Waals surface area contributed by atoms with Crippen LogP contribution in [-0.2, 0) is 4.79 Å². The fourth-order valence-corrected chi connectivity index (χ4v) is 3.16. The number of halogens is 3. The normalized spacial score (nSPS) is 14.1. The number of nitrogen functional groups attached to an aromatic ring is 1. The largest absolute Gasteiger partial charge is 0.479 e. The zero-order chi connectivity index (χ0) is 14.2. The van der Waals surface area contributed by atoms with Crippen molar-refractivity contribution < 1.29 is 14.7 Å². The van der Waals surface area contributed by atoms with E-state index in [1.165, 1.54) is 28.7 Å². The first-order valence-corrected chi connectivity index (χ1v) is 7.84. The van der Waals surface area contributed by atoms with Gasteiger partial charge in [0.25, 0.3) is 0 Å². The summed E-state index contributed by atoms with van der Waals surface area (Å²) < 4.78 is -0.465. The highest BCUT2D eigenvalue weighted by Gasteiger charge is 2.41. The second kappa shape index (κ2) is 5.75. The lowest BCUT2D eigenvalue weighted by Crippen LogP contribution is -2.49. The molecule has 1 unspecified atom stereocenters. The van der Waals surface area contributed by atoms with Crippen LogP contribution >= 0.6 is 67.8 Å². The fraction of sp³-hybridized carbons (Fsp3) is 0.200. The van der Waals surface area contributed by atoms with E-state index in [1.807, 2.05) is 29.5 Å². The molecule has 18 heavy (non-hydrogen) atoms. The number of aliphatic carboxylic acids is 1. The smallest absolute Gasteiger partial charge is 0.342 e. The lowest BCUT2D eigenvalue weighted by atomic mass is 10.0. The maximum Gasteiger partial charge on any atom is 0.342 e. The van der Waals surface area contributed by atoms with E-state index in [4.69, 9.17) is 16.6 Å². The SMILES string of the molecule is Cc1c(I)c(N)cc(C(=O)C(N)(I)C(=O)O)c1I. The van der Waals surface area contributed by atoms with Crippen LogP contribution in [0.4, 0.5) is 5.69 Å². The predicted molar refractivity (Wildman–Crippen MR) is 93.9 cm³/mol. The van der Waals surface area contributed by atoms with Gasteiger partial charge in [-0.1, -0.05) is 0 Å². The summed E-state index contributed by atoms with van der Waals surface area (Å²) >= 11 is 5.50. The molecule has 0 amide bonds. The molecule has 0 saturated heterocycles. The Morgan fingerprint density at radius 2 is 1.83 bits per heavy atom. The quantitative estimate of drug-likeness (QED) is 0.126. The van der Waals surface area contributed by atoms with Crippen molar-refractivity contribution in [1.82, 2.24) is 0 Å². The number of nitrogens with two attached hydrogens (primary N) is 2. The summed E-state index contributed by atoms with van der Waals surface area (Å²) in [5, 5.41) is 8.97. The molecule has 0 fully saturated rings. The number of hydrogen-bond donors (Lipinski definition) is 3. The van der Waals surface area contributed by atoms with Crippen molar-refractivity contribution in [2.75, 3.05) is 5.73 Å². The zero-order valence-corrected chi connectivity index (χ0v) is 15.6. The van der Waals surface area contributed by atoms with Gasteiger partial charge < -0.3 is 16.6 Å². The molecule has 1 aromatic rings.